The molecule has 0 aromatic heterocycles. The van der Waals surface area contributed by atoms with E-state index in [4.69, 9.17) is 16.3 Å². The first-order valence-corrected chi connectivity index (χ1v) is 10.9. The van der Waals surface area contributed by atoms with E-state index in [2.05, 4.69) is 5.32 Å². The summed E-state index contributed by atoms with van der Waals surface area (Å²) in [5.74, 6) is -7.32. The number of carbonyl (C=O) groups excluding carboxylic acids is 4. The number of Topliss-reactive ketones (excluding diaryl/α,β-unsaturated/α-hetero) is 2. The molecular weight excluding hydrogens is 481 g/mol. The third-order valence-corrected chi connectivity index (χ3v) is 6.58. The number of carbonyl (C=O) groups is 4. The Morgan fingerprint density at radius 2 is 1.40 bits per heavy atom. The van der Waals surface area contributed by atoms with Crippen molar-refractivity contribution in [1.29, 1.82) is 0 Å². The molecule has 9 heteroatoms. The number of rotatable bonds is 4. The number of ketones is 2. The van der Waals surface area contributed by atoms with Crippen molar-refractivity contribution in [3.63, 3.8) is 0 Å². The molecule has 0 bridgehead atoms. The number of hydrogen-bond acceptors (Lipinski definition) is 6. The molecule has 35 heavy (non-hydrogen) atoms. The number of carboxylic acids is 1. The van der Waals surface area contributed by atoms with E-state index in [-0.39, 0.29) is 40.7 Å². The van der Waals surface area contributed by atoms with Crippen molar-refractivity contribution in [1.82, 2.24) is 0 Å². The van der Waals surface area contributed by atoms with Crippen LogP contribution in [-0.2, 0) is 14.3 Å². The van der Waals surface area contributed by atoms with Gasteiger partial charge in [-0.2, -0.15) is 0 Å². The van der Waals surface area contributed by atoms with Crippen LogP contribution in [0.2, 0.25) is 5.02 Å². The average molecular weight is 498 g/mol. The molecule has 1 heterocycles. The van der Waals surface area contributed by atoms with Crippen molar-refractivity contribution in [2.45, 2.75) is 11.7 Å². The number of halogens is 1. The van der Waals surface area contributed by atoms with Crippen molar-refractivity contribution in [2.24, 2.45) is 11.8 Å². The number of anilines is 1. The maximum atomic E-state index is 13.5. The van der Waals surface area contributed by atoms with Gasteiger partial charge in [0.2, 0.25) is 23.1 Å². The summed E-state index contributed by atoms with van der Waals surface area (Å²) in [7, 11) is 0. The smallest absolute Gasteiger partial charge is 0.550 e. The summed E-state index contributed by atoms with van der Waals surface area (Å²) in [6, 6.07) is 20.7. The largest absolute Gasteiger partial charge is 1.00 e. The van der Waals surface area contributed by atoms with Crippen LogP contribution in [0.3, 0.4) is 0 Å². The third-order valence-electron chi connectivity index (χ3n) is 6.32. The fraction of sp³-hybridized carbons (Fsp3) is 0.154. The first kappa shape index (κ1) is 25.3. The molecule has 2 aliphatic rings. The van der Waals surface area contributed by atoms with E-state index >= 15 is 0 Å². The monoisotopic (exact) mass is 497 g/mol. The van der Waals surface area contributed by atoms with Crippen LogP contribution >= 0.6 is 11.6 Å². The van der Waals surface area contributed by atoms with Crippen molar-refractivity contribution in [3.8, 4) is 0 Å². The molecule has 0 unspecified atom stereocenters. The Morgan fingerprint density at radius 1 is 0.857 bits per heavy atom. The molecule has 3 aromatic carbocycles. The van der Waals surface area contributed by atoms with Gasteiger partial charge in [0.05, 0.1) is 17.9 Å². The third kappa shape index (κ3) is 4.03. The normalized spacial score (nSPS) is 21.9. The fourth-order valence-corrected chi connectivity index (χ4v) is 4.95. The van der Waals surface area contributed by atoms with E-state index in [1.807, 2.05) is 0 Å². The number of aliphatic carboxylic acids is 1. The Morgan fingerprint density at radius 3 is 1.94 bits per heavy atom. The Hall–Kier alpha value is -2.81. The van der Waals surface area contributed by atoms with E-state index in [0.29, 0.717) is 16.3 Å². The maximum Gasteiger partial charge on any atom is 1.00 e. The zero-order chi connectivity index (χ0) is 24.0. The van der Waals surface area contributed by atoms with Gasteiger partial charge >= 0.3 is 29.6 Å². The predicted octanol–water partition coefficient (Wildman–Crippen LogP) is -0.146. The molecule has 1 spiro atoms. The summed E-state index contributed by atoms with van der Waals surface area (Å²) in [5.41, 5.74) is -1.48. The minimum atomic E-state index is -2.41. The van der Waals surface area contributed by atoms with Gasteiger partial charge in [0.25, 0.3) is 0 Å². The van der Waals surface area contributed by atoms with Gasteiger partial charge < -0.3 is 20.0 Å². The zero-order valence-electron chi connectivity index (χ0n) is 18.6. The summed E-state index contributed by atoms with van der Waals surface area (Å²) in [6.07, 6.45) is -1.22. The van der Waals surface area contributed by atoms with Gasteiger partial charge in [0.15, 0.2) is 0 Å². The van der Waals surface area contributed by atoms with Gasteiger partial charge in [-0.1, -0.05) is 66.2 Å². The SMILES string of the molecule is O=C(Nc1ccccc1)[C@H]1[C@@H](c2ccc(Cl)cc2)OC2(C(=O)c3ccccc3C2=O)[C@H]1C(=O)[O-].[Na+]. The van der Waals surface area contributed by atoms with E-state index in [9.17, 15) is 24.3 Å². The maximum absolute atomic E-state index is 13.5. The van der Waals surface area contributed by atoms with E-state index in [1.165, 1.54) is 12.1 Å². The molecule has 1 aliphatic carbocycles. The van der Waals surface area contributed by atoms with E-state index < -0.39 is 47.0 Å². The first-order valence-electron chi connectivity index (χ1n) is 10.5. The van der Waals surface area contributed by atoms with Gasteiger partial charge in [0.1, 0.15) is 0 Å². The van der Waals surface area contributed by atoms with Gasteiger partial charge in [-0.05, 0) is 29.8 Å². The molecule has 7 nitrogen and oxygen atoms in total. The molecule has 170 valence electrons. The minimum absolute atomic E-state index is 0. The van der Waals surface area contributed by atoms with Crippen molar-refractivity contribution in [2.75, 3.05) is 5.32 Å². The number of benzene rings is 3. The molecule has 5 rings (SSSR count). The average Bonchev–Trinajstić information content (AvgIpc) is 3.31. The number of para-hydroxylation sites is 1. The first-order chi connectivity index (χ1) is 16.3. The van der Waals surface area contributed by atoms with Crippen molar-refractivity contribution < 1.29 is 58.6 Å². The molecule has 3 atom stereocenters. The molecule has 1 amide bonds. The summed E-state index contributed by atoms with van der Waals surface area (Å²) < 4.78 is 6.06. The van der Waals surface area contributed by atoms with Crippen molar-refractivity contribution in [3.05, 3.63) is 101 Å². The number of amides is 1. The molecule has 3 aromatic rings. The zero-order valence-corrected chi connectivity index (χ0v) is 21.3. The van der Waals surface area contributed by atoms with Crippen LogP contribution in [0.25, 0.3) is 0 Å². The molecule has 1 aliphatic heterocycles. The molecular formula is C26H17ClNNaO6. The minimum Gasteiger partial charge on any atom is -0.550 e. The predicted molar refractivity (Wildman–Crippen MR) is 120 cm³/mol. The van der Waals surface area contributed by atoms with Gasteiger partial charge in [-0.15, -0.1) is 0 Å². The Labute approximate surface area is 227 Å². The number of nitrogens with one attached hydrogen (secondary N) is 1. The van der Waals surface area contributed by atoms with Crippen LogP contribution in [0, 0.1) is 11.8 Å². The molecule has 0 radical (unpaired) electrons. The Kier molecular flexibility index (Phi) is 6.99. The van der Waals surface area contributed by atoms with Crippen LogP contribution in [0.1, 0.15) is 32.4 Å². The van der Waals surface area contributed by atoms with Gasteiger partial charge in [0, 0.05) is 27.8 Å². The van der Waals surface area contributed by atoms with E-state index in [1.54, 1.807) is 66.7 Å². The van der Waals surface area contributed by atoms with Crippen LogP contribution in [0.4, 0.5) is 5.69 Å². The second-order valence-electron chi connectivity index (χ2n) is 8.21. The topological polar surface area (TPSA) is 113 Å². The second-order valence-corrected chi connectivity index (χ2v) is 8.64. The second kappa shape index (κ2) is 9.68. The van der Waals surface area contributed by atoms with Crippen LogP contribution < -0.4 is 40.0 Å². The molecule has 1 N–H and O–H groups in total. The molecule has 1 saturated heterocycles. The summed E-state index contributed by atoms with van der Waals surface area (Å²) in [4.78, 5) is 53.0. The van der Waals surface area contributed by atoms with E-state index in [0.717, 1.165) is 0 Å². The summed E-state index contributed by atoms with van der Waals surface area (Å²) >= 11 is 6.00. The molecule has 0 saturated carbocycles. The number of hydrogen-bond donors (Lipinski definition) is 1. The number of fused-ring (bicyclic) bond motifs is 1. The summed E-state index contributed by atoms with van der Waals surface area (Å²) in [6.45, 7) is 0. The van der Waals surface area contributed by atoms with Crippen molar-refractivity contribution >= 4 is 40.7 Å². The fourth-order valence-electron chi connectivity index (χ4n) is 4.82. The summed E-state index contributed by atoms with van der Waals surface area (Å²) in [5, 5.41) is 15.6. The quantitative estimate of drug-likeness (QED) is 0.396. The standard InChI is InChI=1S/C26H18ClNO6.Na/c27-15-12-10-14(11-13-15)21-19(24(31)28-16-6-2-1-3-7-16)20(25(32)33)26(34-21)22(29)17-8-4-5-9-18(17)23(26)30;/h1-13,19-21H,(H,28,31)(H,32,33);/q;+1/p-1/t19-,20-,21-;/m1./s1. The number of carboxylic acid groups (broad SMARTS) is 1. The van der Waals surface area contributed by atoms with Gasteiger partial charge in [-0.3, -0.25) is 14.4 Å². The van der Waals surface area contributed by atoms with Gasteiger partial charge in [-0.25, -0.2) is 0 Å². The van der Waals surface area contributed by atoms with Crippen LogP contribution in [0.5, 0.6) is 0 Å². The Balaban J connectivity index is 0.00000289. The molecule has 1 fully saturated rings. The Bertz CT molecular complexity index is 1290. The number of ether oxygens (including phenoxy) is 1. The van der Waals surface area contributed by atoms with Crippen LogP contribution in [0.15, 0.2) is 78.9 Å². The van der Waals surface area contributed by atoms with Crippen LogP contribution in [-0.4, -0.2) is 29.0 Å².